The van der Waals surface area contributed by atoms with Crippen LogP contribution in [0.4, 0.5) is 0 Å². The number of likely N-dealkylation sites (N-methyl/N-ethyl adjacent to an activating group) is 1. The molecule has 1 aliphatic heterocycles. The third-order valence-corrected chi connectivity index (χ3v) is 7.00. The van der Waals surface area contributed by atoms with Crippen molar-refractivity contribution in [1.29, 1.82) is 0 Å². The van der Waals surface area contributed by atoms with Gasteiger partial charge >= 0.3 is 0 Å². The van der Waals surface area contributed by atoms with Gasteiger partial charge in [0.2, 0.25) is 10.0 Å². The van der Waals surface area contributed by atoms with Crippen LogP contribution in [0.2, 0.25) is 5.02 Å². The van der Waals surface area contributed by atoms with E-state index in [0.29, 0.717) is 42.5 Å². The van der Waals surface area contributed by atoms with Gasteiger partial charge in [-0.05, 0) is 50.4 Å². The molecule has 3 rings (SSSR count). The summed E-state index contributed by atoms with van der Waals surface area (Å²) in [7, 11) is -1.74. The molecule has 0 bridgehead atoms. The fourth-order valence-corrected chi connectivity index (χ4v) is 4.67. The summed E-state index contributed by atoms with van der Waals surface area (Å²) >= 11 is 5.93. The topological polar surface area (TPSA) is 102 Å². The molecule has 8 nitrogen and oxygen atoms in total. The van der Waals surface area contributed by atoms with Crippen molar-refractivity contribution in [3.05, 3.63) is 58.6 Å². The highest BCUT2D eigenvalue weighted by atomic mass is 35.5. The van der Waals surface area contributed by atoms with E-state index in [-0.39, 0.29) is 16.2 Å². The molecule has 1 heterocycles. The minimum atomic E-state index is -3.68. The van der Waals surface area contributed by atoms with Gasteiger partial charge < -0.3 is 10.0 Å². The van der Waals surface area contributed by atoms with Gasteiger partial charge in [-0.2, -0.15) is 9.41 Å². The average Bonchev–Trinajstić information content (AvgIpc) is 2.74. The van der Waals surface area contributed by atoms with Crippen LogP contribution >= 0.6 is 11.6 Å². The molecule has 1 saturated heterocycles. The van der Waals surface area contributed by atoms with E-state index >= 15 is 0 Å². The van der Waals surface area contributed by atoms with Crippen molar-refractivity contribution in [2.45, 2.75) is 11.8 Å². The lowest BCUT2D eigenvalue weighted by Crippen LogP contribution is -2.47. The minimum Gasteiger partial charge on any atom is -0.507 e. The summed E-state index contributed by atoms with van der Waals surface area (Å²) in [4.78, 5) is 14.6. The molecule has 2 N–H and O–H groups in total. The van der Waals surface area contributed by atoms with Gasteiger partial charge in [0, 0.05) is 42.3 Å². The van der Waals surface area contributed by atoms with E-state index in [1.54, 1.807) is 13.0 Å². The molecule has 1 amide bonds. The third kappa shape index (κ3) is 4.99. The Morgan fingerprint density at radius 1 is 1.13 bits per heavy atom. The number of rotatable bonds is 5. The number of carbonyl (C=O) groups is 1. The van der Waals surface area contributed by atoms with Crippen LogP contribution in [-0.4, -0.2) is 67.6 Å². The zero-order chi connectivity index (χ0) is 21.9. The van der Waals surface area contributed by atoms with Gasteiger partial charge in [0.1, 0.15) is 5.75 Å². The van der Waals surface area contributed by atoms with Crippen LogP contribution < -0.4 is 5.43 Å². The van der Waals surface area contributed by atoms with E-state index in [9.17, 15) is 18.3 Å². The first-order valence-corrected chi connectivity index (χ1v) is 11.1. The normalized spacial score (nSPS) is 16.4. The zero-order valence-electron chi connectivity index (χ0n) is 16.7. The molecular formula is C20H23ClN4O4S. The number of sulfonamides is 1. The fourth-order valence-electron chi connectivity index (χ4n) is 3.03. The maximum atomic E-state index is 12.9. The maximum absolute atomic E-state index is 12.9. The van der Waals surface area contributed by atoms with Gasteiger partial charge in [-0.25, -0.2) is 13.8 Å². The summed E-state index contributed by atoms with van der Waals surface area (Å²) in [5.74, 6) is -0.582. The highest BCUT2D eigenvalue weighted by Gasteiger charge is 2.27. The summed E-state index contributed by atoms with van der Waals surface area (Å²) in [5, 5.41) is 14.3. The smallest absolute Gasteiger partial charge is 0.271 e. The Morgan fingerprint density at radius 3 is 2.53 bits per heavy atom. The summed E-state index contributed by atoms with van der Waals surface area (Å²) in [6.07, 6.45) is 0. The lowest BCUT2D eigenvalue weighted by molar-refractivity contribution is 0.0954. The third-order valence-electron chi connectivity index (χ3n) is 4.87. The summed E-state index contributed by atoms with van der Waals surface area (Å²) in [5.41, 5.74) is 3.29. The Bertz CT molecular complexity index is 1080. The number of aromatic hydroxyl groups is 1. The molecular weight excluding hydrogens is 428 g/mol. The van der Waals surface area contributed by atoms with Crippen LogP contribution in [0.1, 0.15) is 22.8 Å². The van der Waals surface area contributed by atoms with E-state index in [1.807, 2.05) is 7.05 Å². The lowest BCUT2D eigenvalue weighted by Gasteiger charge is -2.31. The van der Waals surface area contributed by atoms with Crippen LogP contribution in [0.15, 0.2) is 52.5 Å². The first-order valence-electron chi connectivity index (χ1n) is 9.31. The average molecular weight is 451 g/mol. The zero-order valence-corrected chi connectivity index (χ0v) is 18.2. The molecule has 2 aromatic carbocycles. The van der Waals surface area contributed by atoms with Gasteiger partial charge in [-0.15, -0.1) is 0 Å². The first-order chi connectivity index (χ1) is 14.2. The second-order valence-corrected chi connectivity index (χ2v) is 9.41. The number of halogens is 1. The Balaban J connectivity index is 1.77. The SMILES string of the molecule is C/C(=N/NC(=O)c1cccc(S(=O)(=O)N2CCN(C)CC2)c1)c1cc(Cl)ccc1O. The number of nitrogens with one attached hydrogen (secondary N) is 1. The molecule has 0 saturated carbocycles. The molecule has 1 aliphatic rings. The fraction of sp³-hybridized carbons (Fsp3) is 0.300. The molecule has 30 heavy (non-hydrogen) atoms. The Morgan fingerprint density at radius 2 is 1.83 bits per heavy atom. The highest BCUT2D eigenvalue weighted by molar-refractivity contribution is 7.89. The van der Waals surface area contributed by atoms with Gasteiger partial charge in [-0.3, -0.25) is 4.79 Å². The van der Waals surface area contributed by atoms with Crippen LogP contribution in [0.25, 0.3) is 0 Å². The van der Waals surface area contributed by atoms with Crippen molar-refractivity contribution >= 4 is 33.2 Å². The first kappa shape index (κ1) is 22.2. The Kier molecular flexibility index (Phi) is 6.77. The molecule has 0 atom stereocenters. The van der Waals surface area contributed by atoms with Crippen LogP contribution in [-0.2, 0) is 10.0 Å². The number of piperazine rings is 1. The van der Waals surface area contributed by atoms with Crippen molar-refractivity contribution in [2.24, 2.45) is 5.10 Å². The molecule has 0 aromatic heterocycles. The highest BCUT2D eigenvalue weighted by Crippen LogP contribution is 2.22. The number of nitrogens with zero attached hydrogens (tertiary/aromatic N) is 3. The predicted molar refractivity (Wildman–Crippen MR) is 115 cm³/mol. The Hall–Kier alpha value is -2.46. The summed E-state index contributed by atoms with van der Waals surface area (Å²) in [6, 6.07) is 10.4. The van der Waals surface area contributed by atoms with E-state index in [2.05, 4.69) is 15.4 Å². The summed E-state index contributed by atoms with van der Waals surface area (Å²) in [6.45, 7) is 3.73. The number of hydrogen-bond acceptors (Lipinski definition) is 6. The Labute approximate surface area is 180 Å². The van der Waals surface area contributed by atoms with Gasteiger partial charge in [0.25, 0.3) is 5.91 Å². The quantitative estimate of drug-likeness (QED) is 0.536. The van der Waals surface area contributed by atoms with Crippen molar-refractivity contribution in [3.8, 4) is 5.75 Å². The number of amides is 1. The predicted octanol–water partition coefficient (Wildman–Crippen LogP) is 2.14. The number of hydrazone groups is 1. The number of phenols is 1. The number of benzene rings is 2. The number of carbonyl (C=O) groups excluding carboxylic acids is 1. The van der Waals surface area contributed by atoms with Crippen LogP contribution in [0, 0.1) is 0 Å². The lowest BCUT2D eigenvalue weighted by atomic mass is 10.1. The van der Waals surface area contributed by atoms with Crippen molar-refractivity contribution in [2.75, 3.05) is 33.2 Å². The van der Waals surface area contributed by atoms with E-state index in [4.69, 9.17) is 11.6 Å². The van der Waals surface area contributed by atoms with Gasteiger partial charge in [0.15, 0.2) is 0 Å². The van der Waals surface area contributed by atoms with Crippen molar-refractivity contribution in [1.82, 2.24) is 14.6 Å². The molecule has 160 valence electrons. The second kappa shape index (κ2) is 9.13. The van der Waals surface area contributed by atoms with Gasteiger partial charge in [-0.1, -0.05) is 17.7 Å². The van der Waals surface area contributed by atoms with Gasteiger partial charge in [0.05, 0.1) is 10.6 Å². The molecule has 10 heteroatoms. The van der Waals surface area contributed by atoms with Crippen LogP contribution in [0.3, 0.4) is 0 Å². The molecule has 2 aromatic rings. The molecule has 0 aliphatic carbocycles. The number of phenolic OH excluding ortho intramolecular Hbond substituents is 1. The van der Waals surface area contributed by atoms with E-state index in [1.165, 1.54) is 40.7 Å². The standard InChI is InChI=1S/C20H23ClN4O4S/c1-14(18-13-16(21)6-7-19(18)26)22-23-20(27)15-4-3-5-17(12-15)30(28,29)25-10-8-24(2)9-11-25/h3-7,12-13,26H,8-11H2,1-2H3,(H,23,27)/b22-14-. The molecule has 0 unspecified atom stereocenters. The van der Waals surface area contributed by atoms with E-state index < -0.39 is 15.9 Å². The molecule has 1 fully saturated rings. The minimum absolute atomic E-state index is 0.0184. The van der Waals surface area contributed by atoms with Crippen molar-refractivity contribution < 1.29 is 18.3 Å². The summed E-state index contributed by atoms with van der Waals surface area (Å²) < 4.78 is 27.2. The van der Waals surface area contributed by atoms with Crippen LogP contribution in [0.5, 0.6) is 5.75 Å². The van der Waals surface area contributed by atoms with E-state index in [0.717, 1.165) is 0 Å². The molecule has 0 radical (unpaired) electrons. The molecule has 0 spiro atoms. The second-order valence-electron chi connectivity index (χ2n) is 7.03. The number of hydrogen-bond donors (Lipinski definition) is 2. The van der Waals surface area contributed by atoms with Crippen molar-refractivity contribution in [3.63, 3.8) is 0 Å². The largest absolute Gasteiger partial charge is 0.507 e. The maximum Gasteiger partial charge on any atom is 0.271 e. The monoisotopic (exact) mass is 450 g/mol.